The molecule has 6 rings (SSSR count). The average Bonchev–Trinajstić information content (AvgIpc) is 3.27. The van der Waals surface area contributed by atoms with Gasteiger partial charge in [0.2, 0.25) is 0 Å². The average molecular weight is 503 g/mol. The molecule has 2 fully saturated rings. The summed E-state index contributed by atoms with van der Waals surface area (Å²) in [6, 6.07) is 10.1. The highest BCUT2D eigenvalue weighted by atomic mass is 16.5. The van der Waals surface area contributed by atoms with E-state index in [1.165, 1.54) is 0 Å². The van der Waals surface area contributed by atoms with Gasteiger partial charge in [-0.05, 0) is 73.6 Å². The van der Waals surface area contributed by atoms with Crippen LogP contribution in [0.2, 0.25) is 0 Å². The van der Waals surface area contributed by atoms with E-state index < -0.39 is 5.97 Å². The summed E-state index contributed by atoms with van der Waals surface area (Å²) in [6.07, 6.45) is 6.95. The zero-order valence-electron chi connectivity index (χ0n) is 21.1. The normalized spacial score (nSPS) is 18.5. The van der Waals surface area contributed by atoms with Crippen LogP contribution in [-0.2, 0) is 24.0 Å². The van der Waals surface area contributed by atoms with Crippen molar-refractivity contribution in [1.82, 2.24) is 14.9 Å². The molecule has 3 heterocycles. The van der Waals surface area contributed by atoms with Gasteiger partial charge in [0.15, 0.2) is 0 Å². The molecule has 8 heteroatoms. The quantitative estimate of drug-likeness (QED) is 0.431. The number of carbonyl (C=O) groups is 1. The number of hydrogen-bond donors (Lipinski definition) is 3. The standard InChI is InChI=1S/C29H34N4O4/c30-29(8-1-9-29)17-25-26(28(34)35)22-7-4-20-18-31-24(16-23(20)27(22)32-25)19-2-5-21(6-3-19)37-15-12-33-10-13-36-14-11-33/h2-3,5-6,16,18,32H,1,4,7-15,17,30H2,(H,34,35). The zero-order valence-corrected chi connectivity index (χ0v) is 21.1. The number of aromatic amines is 1. The number of ether oxygens (including phenoxy) is 2. The Kier molecular flexibility index (Phi) is 6.48. The Morgan fingerprint density at radius 1 is 1.19 bits per heavy atom. The number of rotatable bonds is 8. The number of pyridine rings is 1. The summed E-state index contributed by atoms with van der Waals surface area (Å²) in [5.41, 5.74) is 13.2. The van der Waals surface area contributed by atoms with Crippen LogP contribution >= 0.6 is 0 Å². The molecule has 2 aliphatic carbocycles. The third kappa shape index (κ3) is 4.89. The van der Waals surface area contributed by atoms with Crippen LogP contribution in [0.4, 0.5) is 0 Å². The molecule has 0 bridgehead atoms. The Balaban J connectivity index is 1.22. The second kappa shape index (κ2) is 9.93. The van der Waals surface area contributed by atoms with Crippen LogP contribution in [0, 0.1) is 0 Å². The van der Waals surface area contributed by atoms with E-state index in [1.54, 1.807) is 0 Å². The van der Waals surface area contributed by atoms with Gasteiger partial charge >= 0.3 is 5.97 Å². The monoisotopic (exact) mass is 502 g/mol. The molecule has 0 unspecified atom stereocenters. The Hall–Kier alpha value is -3.20. The first kappa shape index (κ1) is 24.2. The smallest absolute Gasteiger partial charge is 0.337 e. The molecule has 8 nitrogen and oxygen atoms in total. The number of aromatic carboxylic acids is 1. The van der Waals surface area contributed by atoms with Crippen molar-refractivity contribution in [3.05, 3.63) is 58.9 Å². The number of hydrogen-bond acceptors (Lipinski definition) is 6. The van der Waals surface area contributed by atoms with Crippen molar-refractivity contribution >= 4 is 5.97 Å². The molecule has 4 N–H and O–H groups in total. The van der Waals surface area contributed by atoms with Gasteiger partial charge in [-0.3, -0.25) is 9.88 Å². The van der Waals surface area contributed by atoms with E-state index in [4.69, 9.17) is 20.2 Å². The highest BCUT2D eigenvalue weighted by molar-refractivity contribution is 5.95. The molecule has 0 radical (unpaired) electrons. The largest absolute Gasteiger partial charge is 0.492 e. The number of nitrogens with zero attached hydrogens (tertiary/aromatic N) is 2. The third-order valence-corrected chi connectivity index (χ3v) is 8.10. The number of nitrogens with one attached hydrogen (secondary N) is 1. The maximum Gasteiger partial charge on any atom is 0.337 e. The van der Waals surface area contributed by atoms with Gasteiger partial charge in [-0.1, -0.05) is 0 Å². The lowest BCUT2D eigenvalue weighted by Gasteiger charge is -2.38. The lowest BCUT2D eigenvalue weighted by Crippen LogP contribution is -2.48. The van der Waals surface area contributed by atoms with Crippen molar-refractivity contribution in [2.75, 3.05) is 39.5 Å². The summed E-state index contributed by atoms with van der Waals surface area (Å²) in [5, 5.41) is 10.0. The number of aromatic nitrogens is 2. The first-order chi connectivity index (χ1) is 18.0. The Morgan fingerprint density at radius 2 is 1.97 bits per heavy atom. The topological polar surface area (TPSA) is 114 Å². The van der Waals surface area contributed by atoms with Gasteiger partial charge in [-0.15, -0.1) is 0 Å². The minimum atomic E-state index is -0.877. The predicted octanol–water partition coefficient (Wildman–Crippen LogP) is 3.68. The Labute approximate surface area is 216 Å². The lowest BCUT2D eigenvalue weighted by molar-refractivity contribution is 0.0322. The molecule has 0 amide bonds. The van der Waals surface area contributed by atoms with Gasteiger partial charge in [0.05, 0.1) is 30.2 Å². The molecule has 3 aliphatic rings. The van der Waals surface area contributed by atoms with Crippen LogP contribution in [0.1, 0.15) is 46.4 Å². The summed E-state index contributed by atoms with van der Waals surface area (Å²) in [6.45, 7) is 5.03. The van der Waals surface area contributed by atoms with E-state index in [0.717, 1.165) is 104 Å². The van der Waals surface area contributed by atoms with Gasteiger partial charge in [-0.2, -0.15) is 0 Å². The van der Waals surface area contributed by atoms with Crippen LogP contribution in [0.5, 0.6) is 5.75 Å². The van der Waals surface area contributed by atoms with Crippen LogP contribution in [0.15, 0.2) is 36.5 Å². The number of carboxylic acid groups (broad SMARTS) is 1. The number of nitrogens with two attached hydrogens (primary N) is 1. The first-order valence-electron chi connectivity index (χ1n) is 13.3. The van der Waals surface area contributed by atoms with Crippen molar-refractivity contribution in [3.63, 3.8) is 0 Å². The zero-order chi connectivity index (χ0) is 25.4. The van der Waals surface area contributed by atoms with Gasteiger partial charge in [0, 0.05) is 54.6 Å². The molecule has 1 saturated carbocycles. The fraction of sp³-hybridized carbons (Fsp3) is 0.448. The molecule has 2 aromatic heterocycles. The van der Waals surface area contributed by atoms with Gasteiger partial charge < -0.3 is 25.3 Å². The summed E-state index contributed by atoms with van der Waals surface area (Å²) in [5.74, 6) is -0.0403. The van der Waals surface area contributed by atoms with E-state index in [0.29, 0.717) is 25.0 Å². The molecular weight excluding hydrogens is 468 g/mol. The maximum absolute atomic E-state index is 12.3. The number of carboxylic acids is 1. The second-order valence-corrected chi connectivity index (χ2v) is 10.6. The lowest BCUT2D eigenvalue weighted by atomic mass is 9.74. The SMILES string of the molecule is NC1(Cc2[nH]c3c(c2C(=O)O)CCc2cnc(-c4ccc(OCCN5CCOCC5)cc4)cc2-3)CCC1. The van der Waals surface area contributed by atoms with Crippen molar-refractivity contribution in [1.29, 1.82) is 0 Å². The van der Waals surface area contributed by atoms with E-state index in [9.17, 15) is 9.90 Å². The van der Waals surface area contributed by atoms with Gasteiger partial charge in [-0.25, -0.2) is 4.79 Å². The van der Waals surface area contributed by atoms with Gasteiger partial charge in [0.1, 0.15) is 12.4 Å². The Bertz CT molecular complexity index is 1290. The van der Waals surface area contributed by atoms with E-state index in [1.807, 2.05) is 30.5 Å². The van der Waals surface area contributed by atoms with Crippen molar-refractivity contribution in [3.8, 4) is 28.3 Å². The summed E-state index contributed by atoms with van der Waals surface area (Å²) >= 11 is 0. The van der Waals surface area contributed by atoms with E-state index in [2.05, 4.69) is 16.0 Å². The van der Waals surface area contributed by atoms with Crippen LogP contribution < -0.4 is 10.5 Å². The predicted molar refractivity (Wildman–Crippen MR) is 141 cm³/mol. The van der Waals surface area contributed by atoms with Crippen molar-refractivity contribution < 1.29 is 19.4 Å². The molecule has 3 aromatic rings. The van der Waals surface area contributed by atoms with Crippen molar-refractivity contribution in [2.24, 2.45) is 5.73 Å². The summed E-state index contributed by atoms with van der Waals surface area (Å²) in [4.78, 5) is 22.8. The molecule has 0 spiro atoms. The highest BCUT2D eigenvalue weighted by Gasteiger charge is 2.36. The molecular formula is C29H34N4O4. The summed E-state index contributed by atoms with van der Waals surface area (Å²) < 4.78 is 11.4. The molecule has 0 atom stereocenters. The number of benzene rings is 1. The molecule has 1 aliphatic heterocycles. The third-order valence-electron chi connectivity index (χ3n) is 8.10. The maximum atomic E-state index is 12.3. The first-order valence-corrected chi connectivity index (χ1v) is 13.3. The number of aryl methyl sites for hydroxylation is 1. The highest BCUT2D eigenvalue weighted by Crippen LogP contribution is 2.40. The number of H-pyrrole nitrogens is 1. The number of morpholine rings is 1. The molecule has 194 valence electrons. The fourth-order valence-electron chi connectivity index (χ4n) is 5.80. The van der Waals surface area contributed by atoms with E-state index >= 15 is 0 Å². The molecule has 1 aromatic carbocycles. The van der Waals surface area contributed by atoms with Crippen LogP contribution in [0.25, 0.3) is 22.5 Å². The fourth-order valence-corrected chi connectivity index (χ4v) is 5.80. The minimum Gasteiger partial charge on any atom is -0.492 e. The van der Waals surface area contributed by atoms with E-state index in [-0.39, 0.29) is 5.54 Å². The van der Waals surface area contributed by atoms with Crippen LogP contribution in [0.3, 0.4) is 0 Å². The number of fused-ring (bicyclic) bond motifs is 3. The Morgan fingerprint density at radius 3 is 2.68 bits per heavy atom. The summed E-state index contributed by atoms with van der Waals surface area (Å²) in [7, 11) is 0. The molecule has 1 saturated heterocycles. The van der Waals surface area contributed by atoms with Gasteiger partial charge in [0.25, 0.3) is 0 Å². The second-order valence-electron chi connectivity index (χ2n) is 10.6. The van der Waals surface area contributed by atoms with Crippen LogP contribution in [-0.4, -0.2) is 70.9 Å². The molecule has 37 heavy (non-hydrogen) atoms. The van der Waals surface area contributed by atoms with Crippen molar-refractivity contribution in [2.45, 2.75) is 44.1 Å². The minimum absolute atomic E-state index is 0.296.